The van der Waals surface area contributed by atoms with Crippen LogP contribution in [-0.4, -0.2) is 29.3 Å². The van der Waals surface area contributed by atoms with Gasteiger partial charge in [-0.05, 0) is 26.0 Å². The van der Waals surface area contributed by atoms with Gasteiger partial charge in [-0.25, -0.2) is 4.98 Å². The van der Waals surface area contributed by atoms with Crippen molar-refractivity contribution < 1.29 is 22.6 Å². The Morgan fingerprint density at radius 3 is 2.43 bits per heavy atom. The first kappa shape index (κ1) is 17.6. The minimum atomic E-state index is -4.56. The SMILES string of the molecule is COC(C)(C)CCOc1nc(C(F)(F)F)ccc1C(N)=S. The van der Waals surface area contributed by atoms with Gasteiger partial charge in [0.15, 0.2) is 0 Å². The van der Waals surface area contributed by atoms with Crippen LogP contribution in [0.4, 0.5) is 13.2 Å². The third kappa shape index (κ3) is 5.13. The fraction of sp³-hybridized carbons (Fsp3) is 0.538. The summed E-state index contributed by atoms with van der Waals surface area (Å²) in [5, 5.41) is 0. The van der Waals surface area contributed by atoms with E-state index in [1.807, 2.05) is 13.8 Å². The number of aromatic nitrogens is 1. The van der Waals surface area contributed by atoms with Crippen molar-refractivity contribution in [1.29, 1.82) is 0 Å². The van der Waals surface area contributed by atoms with Crippen LogP contribution in [0.25, 0.3) is 0 Å². The number of hydrogen-bond acceptors (Lipinski definition) is 4. The Labute approximate surface area is 126 Å². The highest BCUT2D eigenvalue weighted by atomic mass is 32.1. The van der Waals surface area contributed by atoms with E-state index < -0.39 is 17.5 Å². The predicted octanol–water partition coefficient (Wildman–Crippen LogP) is 2.93. The van der Waals surface area contributed by atoms with Gasteiger partial charge >= 0.3 is 6.18 Å². The highest BCUT2D eigenvalue weighted by Gasteiger charge is 2.33. The van der Waals surface area contributed by atoms with Gasteiger partial charge in [0.2, 0.25) is 5.88 Å². The molecule has 0 aliphatic carbocycles. The van der Waals surface area contributed by atoms with Crippen molar-refractivity contribution >= 4 is 17.2 Å². The lowest BCUT2D eigenvalue weighted by Gasteiger charge is -2.22. The maximum atomic E-state index is 12.7. The molecule has 4 nitrogen and oxygen atoms in total. The lowest BCUT2D eigenvalue weighted by molar-refractivity contribution is -0.141. The number of nitrogens with two attached hydrogens (primary N) is 1. The summed E-state index contributed by atoms with van der Waals surface area (Å²) in [6.07, 6.45) is -4.09. The van der Waals surface area contributed by atoms with E-state index in [1.165, 1.54) is 0 Å². The average molecular weight is 322 g/mol. The van der Waals surface area contributed by atoms with E-state index in [9.17, 15) is 13.2 Å². The van der Waals surface area contributed by atoms with Gasteiger partial charge in [0.05, 0.1) is 17.8 Å². The number of methoxy groups -OCH3 is 1. The molecule has 0 atom stereocenters. The van der Waals surface area contributed by atoms with Crippen molar-refractivity contribution in [1.82, 2.24) is 4.98 Å². The summed E-state index contributed by atoms with van der Waals surface area (Å²) >= 11 is 4.78. The quantitative estimate of drug-likeness (QED) is 0.816. The minimum absolute atomic E-state index is 0.0720. The van der Waals surface area contributed by atoms with Gasteiger partial charge < -0.3 is 15.2 Å². The molecule has 21 heavy (non-hydrogen) atoms. The number of alkyl halides is 3. The molecule has 1 aromatic rings. The summed E-state index contributed by atoms with van der Waals surface area (Å²) < 4.78 is 48.5. The molecular formula is C13H17F3N2O2S. The van der Waals surface area contributed by atoms with Crippen molar-refractivity contribution in [2.75, 3.05) is 13.7 Å². The first-order valence-electron chi connectivity index (χ1n) is 6.13. The van der Waals surface area contributed by atoms with Crippen molar-refractivity contribution in [3.63, 3.8) is 0 Å². The zero-order valence-electron chi connectivity index (χ0n) is 12.0. The molecule has 8 heteroatoms. The number of pyridine rings is 1. The van der Waals surface area contributed by atoms with Crippen LogP contribution in [0, 0.1) is 0 Å². The maximum Gasteiger partial charge on any atom is 0.433 e. The molecule has 0 aliphatic rings. The molecule has 1 rings (SSSR count). The Morgan fingerprint density at radius 2 is 1.95 bits per heavy atom. The van der Waals surface area contributed by atoms with Crippen molar-refractivity contribution in [3.05, 3.63) is 23.4 Å². The van der Waals surface area contributed by atoms with Crippen LogP contribution in [0.15, 0.2) is 12.1 Å². The average Bonchev–Trinajstić information content (AvgIpc) is 2.37. The van der Waals surface area contributed by atoms with Crippen LogP contribution in [0.2, 0.25) is 0 Å². The Hall–Kier alpha value is -1.41. The topological polar surface area (TPSA) is 57.4 Å². The van der Waals surface area contributed by atoms with Gasteiger partial charge in [0.25, 0.3) is 0 Å². The van der Waals surface area contributed by atoms with E-state index in [2.05, 4.69) is 4.98 Å². The van der Waals surface area contributed by atoms with Gasteiger partial charge in [-0.1, -0.05) is 12.2 Å². The van der Waals surface area contributed by atoms with E-state index >= 15 is 0 Å². The first-order valence-corrected chi connectivity index (χ1v) is 6.53. The maximum absolute atomic E-state index is 12.7. The Kier molecular flexibility index (Phi) is 5.52. The van der Waals surface area contributed by atoms with E-state index in [0.717, 1.165) is 12.1 Å². The molecule has 0 amide bonds. The summed E-state index contributed by atoms with van der Waals surface area (Å²) in [7, 11) is 1.54. The van der Waals surface area contributed by atoms with Gasteiger partial charge in [0.1, 0.15) is 10.7 Å². The Morgan fingerprint density at radius 1 is 1.33 bits per heavy atom. The molecule has 2 N–H and O–H groups in total. The molecule has 0 spiro atoms. The lowest BCUT2D eigenvalue weighted by atomic mass is 10.1. The smallest absolute Gasteiger partial charge is 0.433 e. The summed E-state index contributed by atoms with van der Waals surface area (Å²) in [6.45, 7) is 3.81. The van der Waals surface area contributed by atoms with Crippen LogP contribution < -0.4 is 10.5 Å². The molecule has 0 radical (unpaired) electrons. The summed E-state index contributed by atoms with van der Waals surface area (Å²) in [5.41, 5.74) is 4.13. The van der Waals surface area contributed by atoms with E-state index in [0.29, 0.717) is 6.42 Å². The second-order valence-electron chi connectivity index (χ2n) is 4.97. The number of rotatable bonds is 6. The van der Waals surface area contributed by atoms with Gasteiger partial charge in [-0.2, -0.15) is 13.2 Å². The van der Waals surface area contributed by atoms with Crippen molar-refractivity contribution in [2.24, 2.45) is 5.73 Å². The zero-order chi connectivity index (χ0) is 16.3. The number of thiocarbonyl (C=S) groups is 1. The van der Waals surface area contributed by atoms with Crippen LogP contribution >= 0.6 is 12.2 Å². The number of halogens is 3. The van der Waals surface area contributed by atoms with Crippen molar-refractivity contribution in [3.8, 4) is 5.88 Å². The fourth-order valence-corrected chi connectivity index (χ4v) is 1.55. The molecular weight excluding hydrogens is 305 g/mol. The normalized spacial score (nSPS) is 12.3. The largest absolute Gasteiger partial charge is 0.477 e. The highest BCUT2D eigenvalue weighted by molar-refractivity contribution is 7.80. The van der Waals surface area contributed by atoms with E-state index in [1.54, 1.807) is 7.11 Å². The second-order valence-corrected chi connectivity index (χ2v) is 5.41. The fourth-order valence-electron chi connectivity index (χ4n) is 1.39. The first-order chi connectivity index (χ1) is 9.57. The Balaban J connectivity index is 2.94. The van der Waals surface area contributed by atoms with Gasteiger partial charge in [-0.15, -0.1) is 0 Å². The molecule has 1 aromatic heterocycles. The second kappa shape index (κ2) is 6.57. The molecule has 0 unspecified atom stereocenters. The predicted molar refractivity (Wildman–Crippen MR) is 76.3 cm³/mol. The molecule has 0 aromatic carbocycles. The lowest BCUT2D eigenvalue weighted by Crippen LogP contribution is -2.26. The van der Waals surface area contributed by atoms with Crippen LogP contribution in [0.5, 0.6) is 5.88 Å². The Bertz CT molecular complexity index is 519. The molecule has 0 bridgehead atoms. The van der Waals surface area contributed by atoms with Crippen LogP contribution in [0.1, 0.15) is 31.5 Å². The summed E-state index contributed by atoms with van der Waals surface area (Å²) in [5.74, 6) is -0.218. The minimum Gasteiger partial charge on any atom is -0.477 e. The summed E-state index contributed by atoms with van der Waals surface area (Å²) in [6, 6.07) is 1.98. The van der Waals surface area contributed by atoms with E-state index in [-0.39, 0.29) is 23.0 Å². The molecule has 1 heterocycles. The number of ether oxygens (including phenoxy) is 2. The van der Waals surface area contributed by atoms with Gasteiger partial charge in [0, 0.05) is 13.5 Å². The number of nitrogens with zero attached hydrogens (tertiary/aromatic N) is 1. The molecule has 0 saturated carbocycles. The van der Waals surface area contributed by atoms with Gasteiger partial charge in [-0.3, -0.25) is 0 Å². The monoisotopic (exact) mass is 322 g/mol. The summed E-state index contributed by atoms with van der Waals surface area (Å²) in [4.78, 5) is 3.38. The molecule has 0 fully saturated rings. The zero-order valence-corrected chi connectivity index (χ0v) is 12.8. The van der Waals surface area contributed by atoms with Crippen LogP contribution in [-0.2, 0) is 10.9 Å². The third-order valence-corrected chi connectivity index (χ3v) is 3.13. The molecule has 0 aliphatic heterocycles. The van der Waals surface area contributed by atoms with Crippen LogP contribution in [0.3, 0.4) is 0 Å². The standard InChI is InChI=1S/C13H17F3N2O2S/c1-12(2,19-3)6-7-20-11-8(10(17)21)4-5-9(18-11)13(14,15)16/h4-5H,6-7H2,1-3H3,(H2,17,21). The number of hydrogen-bond donors (Lipinski definition) is 1. The highest BCUT2D eigenvalue weighted by Crippen LogP contribution is 2.30. The van der Waals surface area contributed by atoms with Crippen molar-refractivity contribution in [2.45, 2.75) is 32.0 Å². The molecule has 118 valence electrons. The molecule has 0 saturated heterocycles. The van der Waals surface area contributed by atoms with E-state index in [4.69, 9.17) is 27.4 Å². The third-order valence-electron chi connectivity index (χ3n) is 2.91.